The van der Waals surface area contributed by atoms with Crippen LogP contribution >= 0.6 is 39.5 Å². The molecule has 180 valence electrons. The number of hydrogen-bond donors (Lipinski definition) is 1. The third-order valence-corrected chi connectivity index (χ3v) is 9.44. The van der Waals surface area contributed by atoms with Gasteiger partial charge in [-0.25, -0.2) is 4.98 Å². The van der Waals surface area contributed by atoms with Crippen molar-refractivity contribution in [1.82, 2.24) is 19.6 Å². The number of carbonyl (C=O) groups is 1. The van der Waals surface area contributed by atoms with Gasteiger partial charge < -0.3 is 5.32 Å². The van der Waals surface area contributed by atoms with Crippen LogP contribution in [0.15, 0.2) is 61.3 Å². The monoisotopic (exact) mass is 568 g/mol. The fraction of sp³-hybridized carbons (Fsp3) is 0.400. The lowest BCUT2D eigenvalue weighted by Crippen LogP contribution is -2.21. The van der Waals surface area contributed by atoms with Gasteiger partial charge in [0.2, 0.25) is 5.91 Å². The number of carbonyl (C=O) groups excluding carboxylic acids is 1. The molecule has 1 aliphatic carbocycles. The number of allylic oxidation sites excluding steroid dienone is 1. The van der Waals surface area contributed by atoms with E-state index in [1.165, 1.54) is 42.3 Å². The van der Waals surface area contributed by atoms with Crippen molar-refractivity contribution in [2.45, 2.75) is 66.8 Å². The van der Waals surface area contributed by atoms with Gasteiger partial charge in [0, 0.05) is 15.9 Å². The molecule has 0 bridgehead atoms. The largest absolute Gasteiger partial charge is 0.325 e. The molecule has 10 heteroatoms. The summed E-state index contributed by atoms with van der Waals surface area (Å²) in [5.74, 6) is 0.416. The molecule has 3 aromatic rings. The summed E-state index contributed by atoms with van der Waals surface area (Å²) in [6, 6.07) is 7.53. The standard InChI is InChI=1S/C25H25BrN6OS2/c1-2-3-7-18-16-5-4-6-17(16)20-21-22(35-24(20)29-18)23-30-31-25(32(23)13-27-21)34-12-19(33)28-15-10-8-14(26)9-11-15/h8-11,13,20,24H,2-7,12H2,1H3,(H,28,33)/t20-,24+/m1/s1. The predicted molar refractivity (Wildman–Crippen MR) is 145 cm³/mol. The Labute approximate surface area is 220 Å². The lowest BCUT2D eigenvalue weighted by Gasteiger charge is -2.26. The van der Waals surface area contributed by atoms with Crippen molar-refractivity contribution in [3.05, 3.63) is 51.9 Å². The Morgan fingerprint density at radius 1 is 1.26 bits per heavy atom. The molecule has 1 amide bonds. The fourth-order valence-corrected chi connectivity index (χ4v) is 7.48. The van der Waals surface area contributed by atoms with E-state index in [-0.39, 0.29) is 23.0 Å². The molecule has 4 heterocycles. The maximum Gasteiger partial charge on any atom is 0.234 e. The summed E-state index contributed by atoms with van der Waals surface area (Å²) in [6.07, 6.45) is 8.78. The van der Waals surface area contributed by atoms with Gasteiger partial charge in [-0.1, -0.05) is 58.4 Å². The number of thioether (sulfide) groups is 2. The number of dihydropyridines is 1. The summed E-state index contributed by atoms with van der Waals surface area (Å²) in [7, 11) is 0. The number of fused-ring (bicyclic) bond motifs is 6. The molecule has 0 radical (unpaired) electrons. The molecule has 0 spiro atoms. The Kier molecular flexibility index (Phi) is 6.45. The van der Waals surface area contributed by atoms with E-state index in [1.807, 2.05) is 35.0 Å². The maximum atomic E-state index is 12.5. The first-order chi connectivity index (χ1) is 17.1. The number of aliphatic imine (C=N–C) groups is 1. The van der Waals surface area contributed by atoms with E-state index in [1.54, 1.807) is 17.3 Å². The number of halogens is 1. The van der Waals surface area contributed by atoms with E-state index in [0.717, 1.165) is 45.7 Å². The van der Waals surface area contributed by atoms with Crippen LogP contribution in [0.25, 0.3) is 5.65 Å². The van der Waals surface area contributed by atoms with Crippen molar-refractivity contribution in [2.24, 2.45) is 4.99 Å². The molecule has 2 aromatic heterocycles. The van der Waals surface area contributed by atoms with Crippen LogP contribution in [-0.2, 0) is 4.79 Å². The van der Waals surface area contributed by atoms with Gasteiger partial charge in [-0.05, 0) is 61.9 Å². The molecule has 6 rings (SSSR count). The Morgan fingerprint density at radius 2 is 2.11 bits per heavy atom. The summed E-state index contributed by atoms with van der Waals surface area (Å²) in [6.45, 7) is 2.24. The number of benzene rings is 1. The lowest BCUT2D eigenvalue weighted by atomic mass is 9.87. The third kappa shape index (κ3) is 4.34. The van der Waals surface area contributed by atoms with Crippen molar-refractivity contribution in [2.75, 3.05) is 11.1 Å². The van der Waals surface area contributed by atoms with Crippen LogP contribution in [0.2, 0.25) is 0 Å². The summed E-state index contributed by atoms with van der Waals surface area (Å²) in [5, 5.41) is 12.6. The smallest absolute Gasteiger partial charge is 0.234 e. The second-order valence-electron chi connectivity index (χ2n) is 9.00. The Balaban J connectivity index is 1.22. The molecule has 2 aliphatic heterocycles. The Bertz CT molecular complexity index is 1370. The number of unbranched alkanes of at least 4 members (excludes halogenated alkanes) is 1. The number of nitrogens with zero attached hydrogens (tertiary/aromatic N) is 5. The van der Waals surface area contributed by atoms with Crippen LogP contribution in [0, 0.1) is 0 Å². The van der Waals surface area contributed by atoms with E-state index >= 15 is 0 Å². The quantitative estimate of drug-likeness (QED) is 0.338. The highest BCUT2D eigenvalue weighted by Gasteiger charge is 2.44. The van der Waals surface area contributed by atoms with Crippen molar-refractivity contribution in [3.8, 4) is 0 Å². The van der Waals surface area contributed by atoms with Crippen LogP contribution in [0.1, 0.15) is 57.1 Å². The number of rotatable bonds is 7. The molecular weight excluding hydrogens is 544 g/mol. The molecule has 3 aliphatic rings. The summed E-state index contributed by atoms with van der Waals surface area (Å²) in [5.41, 5.74) is 7.06. The number of hydrogen-bond acceptors (Lipinski definition) is 7. The molecule has 0 saturated carbocycles. The average molecular weight is 570 g/mol. The normalized spacial score (nSPS) is 20.6. The van der Waals surface area contributed by atoms with Crippen LogP contribution in [0.5, 0.6) is 0 Å². The molecule has 0 saturated heterocycles. The van der Waals surface area contributed by atoms with Crippen LogP contribution < -0.4 is 5.32 Å². The highest BCUT2D eigenvalue weighted by Crippen LogP contribution is 2.55. The molecule has 35 heavy (non-hydrogen) atoms. The minimum atomic E-state index is -0.0850. The number of aromatic nitrogens is 4. The second kappa shape index (κ2) is 9.71. The zero-order chi connectivity index (χ0) is 23.9. The fourth-order valence-electron chi connectivity index (χ4n) is 5.12. The molecule has 0 fully saturated rings. The zero-order valence-corrected chi connectivity index (χ0v) is 22.5. The first-order valence-corrected chi connectivity index (χ1v) is 14.7. The molecule has 7 nitrogen and oxygen atoms in total. The van der Waals surface area contributed by atoms with Crippen molar-refractivity contribution in [1.29, 1.82) is 0 Å². The van der Waals surface area contributed by atoms with Gasteiger partial charge >= 0.3 is 0 Å². The first-order valence-electron chi connectivity index (χ1n) is 12.0. The SMILES string of the molecule is CCCCC1=N[C@H]2Sc3c(ncn4c(SCC(=O)Nc5ccc(Br)cc5)nnc34)[C@H]2C2=C1CCC2. The van der Waals surface area contributed by atoms with Gasteiger partial charge in [-0.2, -0.15) is 0 Å². The van der Waals surface area contributed by atoms with Gasteiger partial charge in [-0.15, -0.1) is 10.2 Å². The molecular formula is C25H25BrN6OS2. The number of nitrogens with one attached hydrogen (secondary N) is 1. The third-order valence-electron chi connectivity index (χ3n) is 6.73. The number of anilines is 1. The van der Waals surface area contributed by atoms with Crippen molar-refractivity contribution in [3.63, 3.8) is 0 Å². The molecule has 2 atom stereocenters. The number of amides is 1. The summed E-state index contributed by atoms with van der Waals surface area (Å²) < 4.78 is 2.88. The van der Waals surface area contributed by atoms with Gasteiger partial charge in [-0.3, -0.25) is 14.2 Å². The van der Waals surface area contributed by atoms with Gasteiger partial charge in [0.1, 0.15) is 11.7 Å². The highest BCUT2D eigenvalue weighted by atomic mass is 79.9. The van der Waals surface area contributed by atoms with Gasteiger partial charge in [0.05, 0.1) is 22.3 Å². The Hall–Kier alpha value is -2.17. The van der Waals surface area contributed by atoms with Gasteiger partial charge in [0.15, 0.2) is 10.8 Å². The van der Waals surface area contributed by atoms with Crippen molar-refractivity contribution < 1.29 is 4.79 Å². The second-order valence-corrected chi connectivity index (χ2v) is 12.0. The van der Waals surface area contributed by atoms with E-state index in [9.17, 15) is 4.79 Å². The van der Waals surface area contributed by atoms with E-state index in [0.29, 0.717) is 5.16 Å². The zero-order valence-electron chi connectivity index (χ0n) is 19.3. The predicted octanol–water partition coefficient (Wildman–Crippen LogP) is 6.26. The highest BCUT2D eigenvalue weighted by molar-refractivity contribution is 9.10. The average Bonchev–Trinajstić information content (AvgIpc) is 3.58. The minimum Gasteiger partial charge on any atom is -0.325 e. The first kappa shape index (κ1) is 23.2. The van der Waals surface area contributed by atoms with Crippen molar-refractivity contribution >= 4 is 62.4 Å². The molecule has 1 aromatic carbocycles. The van der Waals surface area contributed by atoms with E-state index in [2.05, 4.69) is 38.4 Å². The maximum absolute atomic E-state index is 12.5. The lowest BCUT2D eigenvalue weighted by molar-refractivity contribution is -0.113. The van der Waals surface area contributed by atoms with Crippen LogP contribution in [0.4, 0.5) is 5.69 Å². The van der Waals surface area contributed by atoms with Gasteiger partial charge in [0.25, 0.3) is 0 Å². The van der Waals surface area contributed by atoms with Crippen LogP contribution in [0.3, 0.4) is 0 Å². The topological polar surface area (TPSA) is 84.5 Å². The summed E-state index contributed by atoms with van der Waals surface area (Å²) >= 11 is 6.55. The van der Waals surface area contributed by atoms with E-state index in [4.69, 9.17) is 9.98 Å². The Morgan fingerprint density at radius 3 is 2.94 bits per heavy atom. The van der Waals surface area contributed by atoms with E-state index < -0.39 is 0 Å². The molecule has 0 unspecified atom stereocenters. The molecule has 1 N–H and O–H groups in total. The minimum absolute atomic E-state index is 0.0850. The summed E-state index contributed by atoms with van der Waals surface area (Å²) in [4.78, 5) is 23.7. The van der Waals surface area contributed by atoms with Crippen LogP contribution in [-0.4, -0.2) is 42.3 Å².